The number of hydrogen-bond acceptors (Lipinski definition) is 5. The zero-order chi connectivity index (χ0) is 24.7. The average molecular weight is 511 g/mol. The minimum atomic E-state index is -0.0793. The van der Waals surface area contributed by atoms with Gasteiger partial charge in [-0.05, 0) is 59.3 Å². The largest absolute Gasteiger partial charge is 0.348 e. The monoisotopic (exact) mass is 510 g/mol. The van der Waals surface area contributed by atoms with E-state index in [0.717, 1.165) is 33.2 Å². The van der Waals surface area contributed by atoms with Crippen LogP contribution in [0, 0.1) is 0 Å². The summed E-state index contributed by atoms with van der Waals surface area (Å²) in [5.74, 6) is 0.757. The average Bonchev–Trinajstić information content (AvgIpc) is 3.29. The molecule has 1 N–H and O–H groups in total. The number of rotatable bonds is 9. The molecule has 0 spiro atoms. The normalized spacial score (nSPS) is 11.0. The first-order valence-corrected chi connectivity index (χ1v) is 13.9. The molecule has 5 aromatic rings. The number of thioether (sulfide) groups is 2. The van der Waals surface area contributed by atoms with Gasteiger partial charge in [0.1, 0.15) is 5.52 Å². The number of imidazole rings is 1. The Morgan fingerprint density at radius 2 is 1.61 bits per heavy atom. The first kappa shape index (κ1) is 24.2. The lowest BCUT2D eigenvalue weighted by atomic mass is 10.1. The first-order valence-electron chi connectivity index (χ1n) is 11.7. The van der Waals surface area contributed by atoms with Gasteiger partial charge in [0.2, 0.25) is 0 Å². The molecule has 0 saturated heterocycles. The number of hydrogen-bond donors (Lipinski definition) is 1. The van der Waals surface area contributed by atoms with Crippen molar-refractivity contribution >= 4 is 40.6 Å². The third-order valence-corrected chi connectivity index (χ3v) is 7.64. The highest BCUT2D eigenvalue weighted by molar-refractivity contribution is 7.98. The Morgan fingerprint density at radius 1 is 0.861 bits per heavy atom. The summed E-state index contributed by atoms with van der Waals surface area (Å²) in [5.41, 5.74) is 5.82. The number of amides is 1. The summed E-state index contributed by atoms with van der Waals surface area (Å²) in [4.78, 5) is 23.3. The van der Waals surface area contributed by atoms with E-state index < -0.39 is 0 Å². The summed E-state index contributed by atoms with van der Waals surface area (Å²) in [6.07, 6.45) is 3.85. The number of carbonyl (C=O) groups is 1. The number of benzene rings is 3. The van der Waals surface area contributed by atoms with Crippen molar-refractivity contribution in [1.29, 1.82) is 0 Å². The van der Waals surface area contributed by atoms with Gasteiger partial charge in [-0.2, -0.15) is 0 Å². The second kappa shape index (κ2) is 11.5. The lowest BCUT2D eigenvalue weighted by Crippen LogP contribution is -2.22. The third kappa shape index (κ3) is 5.80. The van der Waals surface area contributed by atoms with E-state index in [2.05, 4.69) is 57.5 Å². The Bertz CT molecular complexity index is 1450. The number of pyridine rings is 1. The van der Waals surface area contributed by atoms with Gasteiger partial charge in [-0.1, -0.05) is 66.4 Å². The molecule has 1 amide bonds. The fourth-order valence-corrected chi connectivity index (χ4v) is 5.25. The van der Waals surface area contributed by atoms with Crippen LogP contribution in [-0.4, -0.2) is 26.7 Å². The van der Waals surface area contributed by atoms with Gasteiger partial charge < -0.3 is 5.32 Å². The molecule has 180 valence electrons. The molecule has 0 bridgehead atoms. The SMILES string of the molecule is CSc1ccc(CNC(=O)c2ccc(Cn3c(SCc4ccccc4)nc4cccnc43)cc2)cc1. The van der Waals surface area contributed by atoms with E-state index in [0.29, 0.717) is 18.7 Å². The fraction of sp³-hybridized carbons (Fsp3) is 0.138. The molecule has 0 saturated carbocycles. The van der Waals surface area contributed by atoms with Crippen LogP contribution in [0.3, 0.4) is 0 Å². The Labute approximate surface area is 219 Å². The van der Waals surface area contributed by atoms with Gasteiger partial charge in [0, 0.05) is 29.0 Å². The van der Waals surface area contributed by atoms with Crippen LogP contribution in [-0.2, 0) is 18.8 Å². The summed E-state index contributed by atoms with van der Waals surface area (Å²) in [5, 5.41) is 3.94. The van der Waals surface area contributed by atoms with Crippen molar-refractivity contribution < 1.29 is 4.79 Å². The Kier molecular flexibility index (Phi) is 7.69. The number of carbonyl (C=O) groups excluding carboxylic acids is 1. The van der Waals surface area contributed by atoms with Crippen LogP contribution in [0.5, 0.6) is 0 Å². The van der Waals surface area contributed by atoms with Gasteiger partial charge in [0.15, 0.2) is 10.8 Å². The Balaban J connectivity index is 1.27. The molecular formula is C29H26N4OS2. The molecule has 0 atom stereocenters. The van der Waals surface area contributed by atoms with Crippen molar-refractivity contribution in [1.82, 2.24) is 19.9 Å². The molecule has 36 heavy (non-hydrogen) atoms. The summed E-state index contributed by atoms with van der Waals surface area (Å²) in [6.45, 7) is 1.14. The minimum Gasteiger partial charge on any atom is -0.348 e. The lowest BCUT2D eigenvalue weighted by molar-refractivity contribution is 0.0951. The topological polar surface area (TPSA) is 59.8 Å². The first-order chi connectivity index (χ1) is 17.7. The van der Waals surface area contributed by atoms with Crippen LogP contribution in [0.2, 0.25) is 0 Å². The molecule has 3 aromatic carbocycles. The van der Waals surface area contributed by atoms with Crippen LogP contribution >= 0.6 is 23.5 Å². The fourth-order valence-electron chi connectivity index (χ4n) is 3.88. The highest BCUT2D eigenvalue weighted by Crippen LogP contribution is 2.27. The van der Waals surface area contributed by atoms with Crippen molar-refractivity contribution in [2.45, 2.75) is 28.9 Å². The quantitative estimate of drug-likeness (QED) is 0.232. The number of nitrogens with zero attached hydrogens (tertiary/aromatic N) is 3. The highest BCUT2D eigenvalue weighted by Gasteiger charge is 2.13. The molecule has 0 aliphatic heterocycles. The standard InChI is InChI=1S/C29H26N4OS2/c1-35-25-15-11-21(12-16-25)18-31-28(34)24-13-9-22(10-14-24)19-33-27-26(8-5-17-30-27)32-29(33)36-20-23-6-3-2-4-7-23/h2-17H,18-20H2,1H3,(H,31,34). The third-order valence-electron chi connectivity index (χ3n) is 5.85. The van der Waals surface area contributed by atoms with Crippen LogP contribution in [0.15, 0.2) is 107 Å². The number of nitrogens with one attached hydrogen (secondary N) is 1. The van der Waals surface area contributed by atoms with Crippen LogP contribution in [0.4, 0.5) is 0 Å². The van der Waals surface area contributed by atoms with Crippen molar-refractivity contribution in [3.8, 4) is 0 Å². The lowest BCUT2D eigenvalue weighted by Gasteiger charge is -2.10. The Hall–Kier alpha value is -3.55. The highest BCUT2D eigenvalue weighted by atomic mass is 32.2. The predicted molar refractivity (Wildman–Crippen MR) is 148 cm³/mol. The molecule has 2 aromatic heterocycles. The Morgan fingerprint density at radius 3 is 2.36 bits per heavy atom. The maximum absolute atomic E-state index is 12.7. The zero-order valence-corrected chi connectivity index (χ0v) is 21.6. The molecule has 0 radical (unpaired) electrons. The van der Waals surface area contributed by atoms with Crippen LogP contribution in [0.1, 0.15) is 27.0 Å². The van der Waals surface area contributed by atoms with E-state index in [1.807, 2.05) is 54.6 Å². The maximum atomic E-state index is 12.7. The molecule has 0 fully saturated rings. The molecule has 5 rings (SSSR count). The van der Waals surface area contributed by atoms with Crippen LogP contribution in [0.25, 0.3) is 11.2 Å². The van der Waals surface area contributed by atoms with E-state index >= 15 is 0 Å². The van der Waals surface area contributed by atoms with Gasteiger partial charge in [-0.15, -0.1) is 11.8 Å². The van der Waals surface area contributed by atoms with E-state index in [4.69, 9.17) is 4.98 Å². The van der Waals surface area contributed by atoms with Crippen molar-refractivity contribution in [2.24, 2.45) is 0 Å². The van der Waals surface area contributed by atoms with E-state index in [-0.39, 0.29) is 5.91 Å². The second-order valence-corrected chi connectivity index (χ2v) is 10.2. The second-order valence-electron chi connectivity index (χ2n) is 8.33. The molecule has 5 nitrogen and oxygen atoms in total. The molecular weight excluding hydrogens is 484 g/mol. The predicted octanol–water partition coefficient (Wildman–Crippen LogP) is 6.42. The van der Waals surface area contributed by atoms with Crippen molar-refractivity contribution in [3.63, 3.8) is 0 Å². The summed E-state index contributed by atoms with van der Waals surface area (Å²) >= 11 is 3.41. The minimum absolute atomic E-state index is 0.0793. The van der Waals surface area contributed by atoms with E-state index in [9.17, 15) is 4.79 Å². The number of aromatic nitrogens is 3. The van der Waals surface area contributed by atoms with Crippen molar-refractivity contribution in [3.05, 3.63) is 119 Å². The summed E-state index contributed by atoms with van der Waals surface area (Å²) in [6, 6.07) is 30.3. The molecule has 2 heterocycles. The van der Waals surface area contributed by atoms with Gasteiger partial charge >= 0.3 is 0 Å². The summed E-state index contributed by atoms with van der Waals surface area (Å²) < 4.78 is 2.15. The smallest absolute Gasteiger partial charge is 0.251 e. The molecule has 0 aliphatic carbocycles. The maximum Gasteiger partial charge on any atom is 0.251 e. The molecule has 7 heteroatoms. The van der Waals surface area contributed by atoms with Gasteiger partial charge in [-0.25, -0.2) is 9.97 Å². The van der Waals surface area contributed by atoms with Gasteiger partial charge in [0.25, 0.3) is 5.91 Å². The van der Waals surface area contributed by atoms with Crippen LogP contribution < -0.4 is 5.32 Å². The van der Waals surface area contributed by atoms with E-state index in [1.165, 1.54) is 10.5 Å². The molecule has 0 aliphatic rings. The number of fused-ring (bicyclic) bond motifs is 1. The van der Waals surface area contributed by atoms with Gasteiger partial charge in [0.05, 0.1) is 6.54 Å². The van der Waals surface area contributed by atoms with Gasteiger partial charge in [-0.3, -0.25) is 9.36 Å². The zero-order valence-electron chi connectivity index (χ0n) is 19.9. The summed E-state index contributed by atoms with van der Waals surface area (Å²) in [7, 11) is 0. The van der Waals surface area contributed by atoms with E-state index in [1.54, 1.807) is 29.7 Å². The van der Waals surface area contributed by atoms with Crippen molar-refractivity contribution in [2.75, 3.05) is 6.26 Å². The molecule has 0 unspecified atom stereocenters.